The van der Waals surface area contributed by atoms with Gasteiger partial charge in [0.2, 0.25) is 0 Å². The first-order chi connectivity index (χ1) is 9.19. The zero-order valence-electron chi connectivity index (χ0n) is 10.7. The Bertz CT molecular complexity index is 663. The summed E-state index contributed by atoms with van der Waals surface area (Å²) < 4.78 is 4.77. The Hall–Kier alpha value is -2.16. The van der Waals surface area contributed by atoms with Crippen LogP contribution in [0.4, 0.5) is 0 Å². The van der Waals surface area contributed by atoms with E-state index >= 15 is 0 Å². The molecule has 0 heterocycles. The maximum Gasteiger partial charge on any atom is 0.319 e. The van der Waals surface area contributed by atoms with Crippen LogP contribution < -0.4 is 0 Å². The van der Waals surface area contributed by atoms with Gasteiger partial charge in [-0.1, -0.05) is 42.5 Å². The summed E-state index contributed by atoms with van der Waals surface area (Å²) in [6, 6.07) is 13.3. The molecule has 0 amide bonds. The van der Waals surface area contributed by atoms with Gasteiger partial charge in [0, 0.05) is 5.56 Å². The number of hydrogen-bond donors (Lipinski definition) is 0. The van der Waals surface area contributed by atoms with E-state index in [0.29, 0.717) is 18.4 Å². The highest BCUT2D eigenvalue weighted by molar-refractivity contribution is 6.19. The minimum absolute atomic E-state index is 0.115. The van der Waals surface area contributed by atoms with Crippen LogP contribution in [0.2, 0.25) is 0 Å². The predicted octanol–water partition coefficient (Wildman–Crippen LogP) is 2.98. The van der Waals surface area contributed by atoms with E-state index in [0.717, 1.165) is 10.8 Å². The van der Waals surface area contributed by atoms with E-state index < -0.39 is 11.4 Å². The molecule has 1 saturated carbocycles. The fraction of sp³-hybridized carbons (Fsp3) is 0.250. The smallest absolute Gasteiger partial charge is 0.319 e. The van der Waals surface area contributed by atoms with Crippen molar-refractivity contribution in [2.75, 3.05) is 7.11 Å². The van der Waals surface area contributed by atoms with Crippen molar-refractivity contribution in [3.8, 4) is 0 Å². The second-order valence-corrected chi connectivity index (χ2v) is 4.93. The standard InChI is InChI=1S/C16H14O3/c1-19-15(18)16(9-10-16)14(17)13-8-4-6-11-5-2-3-7-12(11)13/h2-8H,9-10H2,1H3. The number of ketones is 1. The average molecular weight is 254 g/mol. The molecular weight excluding hydrogens is 240 g/mol. The van der Waals surface area contributed by atoms with Gasteiger partial charge in [0.25, 0.3) is 0 Å². The molecule has 1 aliphatic carbocycles. The van der Waals surface area contributed by atoms with E-state index in [9.17, 15) is 9.59 Å². The van der Waals surface area contributed by atoms with Gasteiger partial charge in [-0.25, -0.2) is 0 Å². The summed E-state index contributed by atoms with van der Waals surface area (Å²) in [5.41, 5.74) is -0.320. The Morgan fingerprint density at radius 1 is 1.05 bits per heavy atom. The topological polar surface area (TPSA) is 43.4 Å². The summed E-state index contributed by atoms with van der Waals surface area (Å²) >= 11 is 0. The normalized spacial score (nSPS) is 16.1. The van der Waals surface area contributed by atoms with Gasteiger partial charge in [0.15, 0.2) is 5.78 Å². The number of carbonyl (C=O) groups is 2. The van der Waals surface area contributed by atoms with Crippen molar-refractivity contribution in [3.05, 3.63) is 48.0 Å². The van der Waals surface area contributed by atoms with Gasteiger partial charge in [-0.3, -0.25) is 9.59 Å². The van der Waals surface area contributed by atoms with Crippen LogP contribution in [-0.4, -0.2) is 18.9 Å². The number of Topliss-reactive ketones (excluding diaryl/α,β-unsaturated/α-hetero) is 1. The first-order valence-electron chi connectivity index (χ1n) is 6.30. The lowest BCUT2D eigenvalue weighted by Crippen LogP contribution is -2.27. The SMILES string of the molecule is COC(=O)C1(C(=O)c2cccc3ccccc23)CC1. The summed E-state index contributed by atoms with van der Waals surface area (Å²) in [6.45, 7) is 0. The molecule has 0 spiro atoms. The van der Waals surface area contributed by atoms with Gasteiger partial charge in [0.1, 0.15) is 5.41 Å². The molecule has 0 unspecified atom stereocenters. The van der Waals surface area contributed by atoms with Crippen molar-refractivity contribution in [2.24, 2.45) is 5.41 Å². The number of fused-ring (bicyclic) bond motifs is 1. The van der Waals surface area contributed by atoms with E-state index in [-0.39, 0.29) is 5.78 Å². The van der Waals surface area contributed by atoms with E-state index in [1.165, 1.54) is 7.11 Å². The molecule has 1 fully saturated rings. The lowest BCUT2D eigenvalue weighted by molar-refractivity contribution is -0.145. The maximum absolute atomic E-state index is 12.6. The van der Waals surface area contributed by atoms with Crippen molar-refractivity contribution in [1.29, 1.82) is 0 Å². The van der Waals surface area contributed by atoms with E-state index in [4.69, 9.17) is 4.74 Å². The van der Waals surface area contributed by atoms with E-state index in [2.05, 4.69) is 0 Å². The fourth-order valence-electron chi connectivity index (χ4n) is 2.53. The summed E-state index contributed by atoms with van der Waals surface area (Å²) in [5, 5.41) is 1.90. The van der Waals surface area contributed by atoms with E-state index in [1.54, 1.807) is 6.07 Å². The second kappa shape index (κ2) is 4.19. The summed E-state index contributed by atoms with van der Waals surface area (Å²) in [7, 11) is 1.33. The van der Waals surface area contributed by atoms with Crippen LogP contribution in [-0.2, 0) is 9.53 Å². The monoisotopic (exact) mass is 254 g/mol. The highest BCUT2D eigenvalue weighted by Gasteiger charge is 2.57. The number of esters is 1. The van der Waals surface area contributed by atoms with Gasteiger partial charge in [-0.05, 0) is 23.6 Å². The Labute approximate surface area is 111 Å². The highest BCUT2D eigenvalue weighted by Crippen LogP contribution is 2.49. The summed E-state index contributed by atoms with van der Waals surface area (Å²) in [5.74, 6) is -0.526. The third kappa shape index (κ3) is 1.73. The molecule has 0 aliphatic heterocycles. The maximum atomic E-state index is 12.6. The number of benzene rings is 2. The van der Waals surface area contributed by atoms with Gasteiger partial charge in [0.05, 0.1) is 7.11 Å². The molecule has 2 aromatic carbocycles. The largest absolute Gasteiger partial charge is 0.468 e. The van der Waals surface area contributed by atoms with Crippen LogP contribution in [0.25, 0.3) is 10.8 Å². The van der Waals surface area contributed by atoms with Crippen molar-refractivity contribution in [3.63, 3.8) is 0 Å². The number of ether oxygens (including phenoxy) is 1. The minimum atomic E-state index is -0.932. The van der Waals surface area contributed by atoms with Gasteiger partial charge in [-0.2, -0.15) is 0 Å². The Balaban J connectivity index is 2.11. The summed E-state index contributed by atoms with van der Waals surface area (Å²) in [4.78, 5) is 24.4. The number of hydrogen-bond acceptors (Lipinski definition) is 3. The third-order valence-corrected chi connectivity index (χ3v) is 3.80. The van der Waals surface area contributed by atoms with Crippen LogP contribution in [0.1, 0.15) is 23.2 Å². The molecular formula is C16H14O3. The number of rotatable bonds is 3. The van der Waals surface area contributed by atoms with Crippen LogP contribution in [0, 0.1) is 5.41 Å². The van der Waals surface area contributed by atoms with Crippen molar-refractivity contribution in [1.82, 2.24) is 0 Å². The third-order valence-electron chi connectivity index (χ3n) is 3.80. The van der Waals surface area contributed by atoms with Crippen LogP contribution in [0.3, 0.4) is 0 Å². The Kier molecular flexibility index (Phi) is 2.63. The molecule has 0 atom stereocenters. The van der Waals surface area contributed by atoms with Crippen LogP contribution >= 0.6 is 0 Å². The molecule has 3 nitrogen and oxygen atoms in total. The van der Waals surface area contributed by atoms with Crippen molar-refractivity contribution in [2.45, 2.75) is 12.8 Å². The van der Waals surface area contributed by atoms with Gasteiger partial charge >= 0.3 is 5.97 Å². The Morgan fingerprint density at radius 3 is 2.42 bits per heavy atom. The van der Waals surface area contributed by atoms with Crippen molar-refractivity contribution >= 4 is 22.5 Å². The molecule has 3 heteroatoms. The molecule has 0 bridgehead atoms. The van der Waals surface area contributed by atoms with Crippen LogP contribution in [0.15, 0.2) is 42.5 Å². The van der Waals surface area contributed by atoms with Crippen molar-refractivity contribution < 1.29 is 14.3 Å². The molecule has 0 N–H and O–H groups in total. The molecule has 0 aromatic heterocycles. The Morgan fingerprint density at radius 2 is 1.74 bits per heavy atom. The first kappa shape index (κ1) is 11.9. The first-order valence-corrected chi connectivity index (χ1v) is 6.30. The molecule has 0 saturated heterocycles. The molecule has 19 heavy (non-hydrogen) atoms. The van der Waals surface area contributed by atoms with E-state index in [1.807, 2.05) is 36.4 Å². The molecule has 3 rings (SSSR count). The average Bonchev–Trinajstić information content (AvgIpc) is 3.26. The zero-order chi connectivity index (χ0) is 13.5. The molecule has 2 aromatic rings. The van der Waals surface area contributed by atoms with Gasteiger partial charge < -0.3 is 4.74 Å². The zero-order valence-corrected chi connectivity index (χ0v) is 10.7. The second-order valence-electron chi connectivity index (χ2n) is 4.93. The van der Waals surface area contributed by atoms with Crippen LogP contribution in [0.5, 0.6) is 0 Å². The lowest BCUT2D eigenvalue weighted by atomic mass is 9.91. The summed E-state index contributed by atoms with van der Waals surface area (Å²) in [6.07, 6.45) is 1.17. The number of methoxy groups -OCH3 is 1. The van der Waals surface area contributed by atoms with Gasteiger partial charge in [-0.15, -0.1) is 0 Å². The highest BCUT2D eigenvalue weighted by atomic mass is 16.5. The molecule has 96 valence electrons. The molecule has 0 radical (unpaired) electrons. The number of carbonyl (C=O) groups excluding carboxylic acids is 2. The quantitative estimate of drug-likeness (QED) is 0.480. The fourth-order valence-corrected chi connectivity index (χ4v) is 2.53. The lowest BCUT2D eigenvalue weighted by Gasteiger charge is -2.13. The minimum Gasteiger partial charge on any atom is -0.468 e. The predicted molar refractivity (Wildman–Crippen MR) is 72.0 cm³/mol. The molecule has 1 aliphatic rings.